The van der Waals surface area contributed by atoms with Crippen molar-refractivity contribution in [2.45, 2.75) is 13.3 Å². The molecule has 0 spiro atoms. The van der Waals surface area contributed by atoms with Gasteiger partial charge in [-0.15, -0.1) is 0 Å². The second-order valence-corrected chi connectivity index (χ2v) is 5.84. The maximum atomic E-state index is 8.88. The van der Waals surface area contributed by atoms with E-state index in [-0.39, 0.29) is 0 Å². The van der Waals surface area contributed by atoms with Gasteiger partial charge in [0.2, 0.25) is 0 Å². The van der Waals surface area contributed by atoms with Crippen molar-refractivity contribution in [1.82, 2.24) is 4.98 Å². The summed E-state index contributed by atoms with van der Waals surface area (Å²) in [5.74, 6) is 0.767. The van der Waals surface area contributed by atoms with Crippen molar-refractivity contribution in [3.8, 4) is 34.2 Å². The molecule has 0 N–H and O–H groups in total. The van der Waals surface area contributed by atoms with Crippen molar-refractivity contribution in [2.24, 2.45) is 0 Å². The molecule has 0 saturated heterocycles. The molecule has 0 aliphatic carbocycles. The average molecular weight is 340 g/mol. The molecule has 0 unspecified atom stereocenters. The Hall–Kier alpha value is -3.38. The third-order valence-corrected chi connectivity index (χ3v) is 4.01. The van der Waals surface area contributed by atoms with E-state index in [0.717, 1.165) is 34.6 Å². The summed E-state index contributed by atoms with van der Waals surface area (Å²) in [5.41, 5.74) is 4.84. The molecule has 0 fully saturated rings. The number of benzene rings is 2. The topological polar surface area (TPSA) is 45.9 Å². The van der Waals surface area contributed by atoms with Crippen molar-refractivity contribution in [3.05, 3.63) is 84.6 Å². The monoisotopic (exact) mass is 340 g/mol. The van der Waals surface area contributed by atoms with Gasteiger partial charge in [-0.25, -0.2) is 0 Å². The molecule has 0 aliphatic rings. The number of nitrogens with zero attached hydrogens (tertiary/aromatic N) is 2. The van der Waals surface area contributed by atoms with Crippen LogP contribution < -0.4 is 4.74 Å². The lowest BCUT2D eigenvalue weighted by Gasteiger charge is -2.06. The molecule has 3 rings (SSSR count). The molecule has 1 heterocycles. The Morgan fingerprint density at radius 3 is 2.12 bits per heavy atom. The van der Waals surface area contributed by atoms with Gasteiger partial charge in [-0.1, -0.05) is 55.5 Å². The number of hydrogen-bond acceptors (Lipinski definition) is 3. The van der Waals surface area contributed by atoms with Gasteiger partial charge in [-0.2, -0.15) is 5.26 Å². The molecular weight excluding hydrogens is 320 g/mol. The van der Waals surface area contributed by atoms with Crippen LogP contribution in [0.3, 0.4) is 0 Å². The fraction of sp³-hybridized carbons (Fsp3) is 0.130. The number of ether oxygens (including phenoxy) is 1. The Bertz CT molecular complexity index is 902. The van der Waals surface area contributed by atoms with Crippen molar-refractivity contribution in [1.29, 1.82) is 5.26 Å². The number of allylic oxidation sites excluding steroid dienone is 1. The summed E-state index contributed by atoms with van der Waals surface area (Å²) < 4.78 is 5.62. The van der Waals surface area contributed by atoms with Crippen LogP contribution in [0.15, 0.2) is 79.0 Å². The molecule has 2 aromatic carbocycles. The Morgan fingerprint density at radius 2 is 1.54 bits per heavy atom. The SMILES string of the molecule is CCC=CCOc1ccc(-c2ccc(-c3ccc(C#N)cc3)cc2)nc1. The third-order valence-electron chi connectivity index (χ3n) is 4.01. The van der Waals surface area contributed by atoms with E-state index in [1.165, 1.54) is 0 Å². The van der Waals surface area contributed by atoms with Gasteiger partial charge in [-0.05, 0) is 41.8 Å². The standard InChI is InChI=1S/C23H20N2O/c1-2-3-4-15-26-22-13-14-23(25-17-22)21-11-9-20(10-12-21)19-7-5-18(16-24)6-8-19/h3-14,17H,2,15H2,1H3. The van der Waals surface area contributed by atoms with Crippen LogP contribution in [0, 0.1) is 11.3 Å². The molecule has 0 atom stereocenters. The van der Waals surface area contributed by atoms with Crippen LogP contribution in [0.1, 0.15) is 18.9 Å². The van der Waals surface area contributed by atoms with Gasteiger partial charge >= 0.3 is 0 Å². The Labute approximate surface area is 154 Å². The fourth-order valence-corrected chi connectivity index (χ4v) is 2.59. The smallest absolute Gasteiger partial charge is 0.138 e. The maximum absolute atomic E-state index is 8.88. The van der Waals surface area contributed by atoms with Crippen LogP contribution >= 0.6 is 0 Å². The molecule has 3 heteroatoms. The highest BCUT2D eigenvalue weighted by atomic mass is 16.5. The Morgan fingerprint density at radius 1 is 0.885 bits per heavy atom. The molecule has 0 aliphatic heterocycles. The lowest BCUT2D eigenvalue weighted by Crippen LogP contribution is -1.94. The highest BCUT2D eigenvalue weighted by Crippen LogP contribution is 2.25. The van der Waals surface area contributed by atoms with Crippen LogP contribution in [0.5, 0.6) is 5.75 Å². The first-order valence-electron chi connectivity index (χ1n) is 8.65. The molecule has 3 aromatic rings. The number of nitriles is 1. The molecule has 128 valence electrons. The van der Waals surface area contributed by atoms with Crippen molar-refractivity contribution in [2.75, 3.05) is 6.61 Å². The van der Waals surface area contributed by atoms with Crippen molar-refractivity contribution in [3.63, 3.8) is 0 Å². The van der Waals surface area contributed by atoms with E-state index in [1.54, 1.807) is 6.20 Å². The first-order valence-corrected chi connectivity index (χ1v) is 8.65. The predicted molar refractivity (Wildman–Crippen MR) is 105 cm³/mol. The number of hydrogen-bond donors (Lipinski definition) is 0. The average Bonchev–Trinajstić information content (AvgIpc) is 2.72. The van der Waals surface area contributed by atoms with E-state index in [4.69, 9.17) is 10.00 Å². The fourth-order valence-electron chi connectivity index (χ4n) is 2.59. The molecule has 26 heavy (non-hydrogen) atoms. The highest BCUT2D eigenvalue weighted by Gasteiger charge is 2.03. The van der Waals surface area contributed by atoms with Crippen LogP contribution in [-0.4, -0.2) is 11.6 Å². The third kappa shape index (κ3) is 4.37. The van der Waals surface area contributed by atoms with Gasteiger partial charge in [0, 0.05) is 5.56 Å². The van der Waals surface area contributed by atoms with E-state index in [9.17, 15) is 0 Å². The molecule has 3 nitrogen and oxygen atoms in total. The summed E-state index contributed by atoms with van der Waals surface area (Å²) in [6.45, 7) is 2.66. The van der Waals surface area contributed by atoms with E-state index < -0.39 is 0 Å². The number of pyridine rings is 1. The normalized spacial score (nSPS) is 10.6. The predicted octanol–water partition coefficient (Wildman–Crippen LogP) is 5.63. The molecular formula is C23H20N2O. The second-order valence-electron chi connectivity index (χ2n) is 5.84. The van der Waals surface area contributed by atoms with E-state index in [2.05, 4.69) is 48.3 Å². The zero-order valence-corrected chi connectivity index (χ0v) is 14.7. The van der Waals surface area contributed by atoms with Gasteiger partial charge in [-0.3, -0.25) is 4.98 Å². The summed E-state index contributed by atoms with van der Waals surface area (Å²) in [4.78, 5) is 4.49. The molecule has 1 aromatic heterocycles. The van der Waals surface area contributed by atoms with E-state index >= 15 is 0 Å². The highest BCUT2D eigenvalue weighted by molar-refractivity contribution is 5.69. The second kappa shape index (κ2) is 8.64. The van der Waals surface area contributed by atoms with Crippen molar-refractivity contribution >= 4 is 0 Å². The summed E-state index contributed by atoms with van der Waals surface area (Å²) in [6.07, 6.45) is 6.86. The largest absolute Gasteiger partial charge is 0.488 e. The van der Waals surface area contributed by atoms with Crippen molar-refractivity contribution < 1.29 is 4.74 Å². The zero-order chi connectivity index (χ0) is 18.2. The minimum absolute atomic E-state index is 0.564. The number of rotatable bonds is 6. The van der Waals surface area contributed by atoms with Gasteiger partial charge in [0.25, 0.3) is 0 Å². The summed E-state index contributed by atoms with van der Waals surface area (Å²) in [6, 6.07) is 21.9. The summed E-state index contributed by atoms with van der Waals surface area (Å²) >= 11 is 0. The molecule has 0 radical (unpaired) electrons. The van der Waals surface area contributed by atoms with Crippen LogP contribution in [0.2, 0.25) is 0 Å². The quantitative estimate of drug-likeness (QED) is 0.546. The van der Waals surface area contributed by atoms with Gasteiger partial charge in [0.05, 0.1) is 23.5 Å². The summed E-state index contributed by atoms with van der Waals surface area (Å²) in [7, 11) is 0. The van der Waals surface area contributed by atoms with Gasteiger partial charge in [0.1, 0.15) is 12.4 Å². The van der Waals surface area contributed by atoms with Gasteiger partial charge < -0.3 is 4.74 Å². The molecule has 0 amide bonds. The van der Waals surface area contributed by atoms with E-state index in [1.807, 2.05) is 42.5 Å². The first-order chi connectivity index (χ1) is 12.8. The van der Waals surface area contributed by atoms with E-state index in [0.29, 0.717) is 12.2 Å². The lowest BCUT2D eigenvalue weighted by molar-refractivity contribution is 0.361. The Balaban J connectivity index is 1.69. The lowest BCUT2D eigenvalue weighted by atomic mass is 10.0. The Kier molecular flexibility index (Phi) is 5.80. The first kappa shape index (κ1) is 17.4. The minimum Gasteiger partial charge on any atom is -0.488 e. The van der Waals surface area contributed by atoms with Crippen LogP contribution in [-0.2, 0) is 0 Å². The zero-order valence-electron chi connectivity index (χ0n) is 14.7. The number of aromatic nitrogens is 1. The molecule has 0 bridgehead atoms. The maximum Gasteiger partial charge on any atom is 0.138 e. The van der Waals surface area contributed by atoms with Crippen LogP contribution in [0.4, 0.5) is 0 Å². The van der Waals surface area contributed by atoms with Gasteiger partial charge in [0.15, 0.2) is 0 Å². The molecule has 0 saturated carbocycles. The minimum atomic E-state index is 0.564. The summed E-state index contributed by atoms with van der Waals surface area (Å²) in [5, 5.41) is 8.88. The van der Waals surface area contributed by atoms with Crippen LogP contribution in [0.25, 0.3) is 22.4 Å².